The number of aromatic nitrogens is 1. The van der Waals surface area contributed by atoms with Crippen molar-refractivity contribution in [1.82, 2.24) is 9.88 Å². The zero-order valence-electron chi connectivity index (χ0n) is 22.8. The molecule has 202 valence electrons. The summed E-state index contributed by atoms with van der Waals surface area (Å²) >= 11 is 0. The van der Waals surface area contributed by atoms with Gasteiger partial charge in [-0.25, -0.2) is 4.79 Å². The summed E-state index contributed by atoms with van der Waals surface area (Å²) in [7, 11) is 3.00. The van der Waals surface area contributed by atoms with E-state index in [1.54, 1.807) is 31.2 Å². The maximum absolute atomic E-state index is 13.6. The first kappa shape index (κ1) is 28.6. The van der Waals surface area contributed by atoms with Gasteiger partial charge in [0.15, 0.2) is 11.5 Å². The molecule has 0 unspecified atom stereocenters. The van der Waals surface area contributed by atoms with E-state index in [9.17, 15) is 14.4 Å². The average Bonchev–Trinajstić information content (AvgIpc) is 3.51. The summed E-state index contributed by atoms with van der Waals surface area (Å²) in [6, 6.07) is 10.5. The van der Waals surface area contributed by atoms with Crippen molar-refractivity contribution in [2.24, 2.45) is 0 Å². The Morgan fingerprint density at radius 3 is 2.24 bits per heavy atom. The second-order valence-corrected chi connectivity index (χ2v) is 8.61. The molecule has 0 atom stereocenters. The van der Waals surface area contributed by atoms with Crippen LogP contribution in [0.3, 0.4) is 0 Å². The molecule has 3 aromatic rings. The number of ether oxygens (including phenoxy) is 3. The lowest BCUT2D eigenvalue weighted by Gasteiger charge is -2.15. The number of ketones is 1. The second kappa shape index (κ2) is 13.6. The van der Waals surface area contributed by atoms with Gasteiger partial charge < -0.3 is 19.1 Å². The molecule has 2 aromatic carbocycles. The molecule has 1 fully saturated rings. The molecular formula is C30H36N2O6. The van der Waals surface area contributed by atoms with Gasteiger partial charge in [0.25, 0.3) is 0 Å². The van der Waals surface area contributed by atoms with Crippen molar-refractivity contribution < 1.29 is 28.6 Å². The number of benzene rings is 2. The lowest BCUT2D eigenvalue weighted by atomic mass is 9.97. The highest BCUT2D eigenvalue weighted by molar-refractivity contribution is 6.18. The number of fused-ring (bicyclic) bond motifs is 1. The minimum Gasteiger partial charge on any atom is -0.493 e. The summed E-state index contributed by atoms with van der Waals surface area (Å²) in [5.41, 5.74) is 1.77. The van der Waals surface area contributed by atoms with Crippen LogP contribution in [0.5, 0.6) is 11.5 Å². The number of methoxy groups -OCH3 is 2. The van der Waals surface area contributed by atoms with E-state index in [1.165, 1.54) is 20.4 Å². The molecule has 0 spiro atoms. The fourth-order valence-corrected chi connectivity index (χ4v) is 4.50. The smallest absolute Gasteiger partial charge is 0.340 e. The van der Waals surface area contributed by atoms with E-state index < -0.39 is 5.97 Å². The van der Waals surface area contributed by atoms with Crippen molar-refractivity contribution in [2.45, 2.75) is 46.5 Å². The van der Waals surface area contributed by atoms with Crippen LogP contribution in [0.4, 0.5) is 0 Å². The highest BCUT2D eigenvalue weighted by atomic mass is 16.5. The van der Waals surface area contributed by atoms with Gasteiger partial charge >= 0.3 is 5.97 Å². The molecule has 2 heterocycles. The number of carbonyl (C=O) groups is 3. The molecule has 1 saturated heterocycles. The van der Waals surface area contributed by atoms with Crippen LogP contribution >= 0.6 is 0 Å². The van der Waals surface area contributed by atoms with Gasteiger partial charge in [-0.2, -0.15) is 0 Å². The standard InChI is InChI=1S/C28H30N2O6.C2H6/c1-4-36-28(33)22-17-29-26(21-16-24(35-3)23(34-2)15-20(21)22)27(32)19-9-7-8-18(14-19)10-11-25(31)30-12-5-6-13-30;1-2/h7-9,14-17H,4-6,10-13H2,1-3H3;1-2H3. The third-order valence-corrected chi connectivity index (χ3v) is 6.38. The van der Waals surface area contributed by atoms with E-state index >= 15 is 0 Å². The molecule has 0 radical (unpaired) electrons. The largest absolute Gasteiger partial charge is 0.493 e. The summed E-state index contributed by atoms with van der Waals surface area (Å²) < 4.78 is 16.0. The van der Waals surface area contributed by atoms with Crippen LogP contribution in [-0.4, -0.2) is 61.5 Å². The zero-order valence-corrected chi connectivity index (χ0v) is 22.8. The van der Waals surface area contributed by atoms with Crippen LogP contribution in [0.15, 0.2) is 42.6 Å². The van der Waals surface area contributed by atoms with Crippen molar-refractivity contribution in [3.63, 3.8) is 0 Å². The summed E-state index contributed by atoms with van der Waals surface area (Å²) in [6.45, 7) is 7.58. The third kappa shape index (κ3) is 6.30. The van der Waals surface area contributed by atoms with Gasteiger partial charge in [-0.15, -0.1) is 0 Å². The molecule has 4 rings (SSSR count). The van der Waals surface area contributed by atoms with E-state index in [4.69, 9.17) is 14.2 Å². The average molecular weight is 521 g/mol. The molecular weight excluding hydrogens is 484 g/mol. The molecule has 38 heavy (non-hydrogen) atoms. The van der Waals surface area contributed by atoms with Crippen LogP contribution in [0.25, 0.3) is 10.8 Å². The van der Waals surface area contributed by atoms with Gasteiger partial charge in [-0.1, -0.05) is 32.0 Å². The normalized spacial score (nSPS) is 12.5. The molecule has 1 aliphatic rings. The van der Waals surface area contributed by atoms with E-state index in [2.05, 4.69) is 4.98 Å². The highest BCUT2D eigenvalue weighted by Crippen LogP contribution is 2.35. The molecule has 0 aliphatic carbocycles. The number of rotatable bonds is 9. The number of likely N-dealkylation sites (tertiary alicyclic amines) is 1. The molecule has 8 heteroatoms. The number of aryl methyl sites for hydroxylation is 1. The van der Waals surface area contributed by atoms with Gasteiger partial charge in [0, 0.05) is 42.0 Å². The zero-order chi connectivity index (χ0) is 27.7. The van der Waals surface area contributed by atoms with Crippen LogP contribution in [0.1, 0.15) is 72.0 Å². The van der Waals surface area contributed by atoms with Crippen molar-refractivity contribution >= 4 is 28.4 Å². The summed E-state index contributed by atoms with van der Waals surface area (Å²) in [5, 5.41) is 0.939. The van der Waals surface area contributed by atoms with Crippen molar-refractivity contribution in [3.05, 3.63) is 65.0 Å². The molecule has 1 aliphatic heterocycles. The Bertz CT molecular complexity index is 1300. The number of esters is 1. The van der Waals surface area contributed by atoms with E-state index in [0.717, 1.165) is 31.5 Å². The molecule has 0 N–H and O–H groups in total. The Morgan fingerprint density at radius 1 is 0.947 bits per heavy atom. The molecule has 0 saturated carbocycles. The number of amides is 1. The first-order chi connectivity index (χ1) is 18.5. The third-order valence-electron chi connectivity index (χ3n) is 6.38. The lowest BCUT2D eigenvalue weighted by molar-refractivity contribution is -0.130. The Kier molecular flexibility index (Phi) is 10.2. The summed E-state index contributed by atoms with van der Waals surface area (Å²) in [5.74, 6) is 0.148. The van der Waals surface area contributed by atoms with Crippen molar-refractivity contribution in [2.75, 3.05) is 33.9 Å². The molecule has 1 amide bonds. The Hall–Kier alpha value is -3.94. The fourth-order valence-electron chi connectivity index (χ4n) is 4.50. The van der Waals surface area contributed by atoms with Gasteiger partial charge in [0.1, 0.15) is 5.69 Å². The highest BCUT2D eigenvalue weighted by Gasteiger charge is 2.23. The molecule has 0 bridgehead atoms. The number of carbonyl (C=O) groups excluding carboxylic acids is 3. The van der Waals surface area contributed by atoms with Gasteiger partial charge in [-0.05, 0) is 49.9 Å². The quantitative estimate of drug-likeness (QED) is 0.281. The fraction of sp³-hybridized carbons (Fsp3) is 0.400. The second-order valence-electron chi connectivity index (χ2n) is 8.61. The lowest BCUT2D eigenvalue weighted by Crippen LogP contribution is -2.27. The number of pyridine rings is 1. The van der Waals surface area contributed by atoms with E-state index in [0.29, 0.717) is 40.7 Å². The van der Waals surface area contributed by atoms with Crippen LogP contribution in [0.2, 0.25) is 0 Å². The van der Waals surface area contributed by atoms with Gasteiger partial charge in [-0.3, -0.25) is 14.6 Å². The van der Waals surface area contributed by atoms with E-state index in [-0.39, 0.29) is 29.6 Å². The summed E-state index contributed by atoms with van der Waals surface area (Å²) in [4.78, 5) is 44.9. The van der Waals surface area contributed by atoms with Crippen molar-refractivity contribution in [1.29, 1.82) is 0 Å². The number of nitrogens with zero attached hydrogens (tertiary/aromatic N) is 2. The van der Waals surface area contributed by atoms with Crippen LogP contribution < -0.4 is 9.47 Å². The predicted molar refractivity (Wildman–Crippen MR) is 146 cm³/mol. The van der Waals surface area contributed by atoms with Gasteiger partial charge in [0.05, 0.1) is 26.4 Å². The first-order valence-corrected chi connectivity index (χ1v) is 13.1. The topological polar surface area (TPSA) is 95.0 Å². The van der Waals surface area contributed by atoms with Crippen LogP contribution in [-0.2, 0) is 16.0 Å². The Morgan fingerprint density at radius 2 is 1.61 bits per heavy atom. The molecule has 1 aromatic heterocycles. The predicted octanol–water partition coefficient (Wildman–Crippen LogP) is 5.24. The monoisotopic (exact) mass is 520 g/mol. The Labute approximate surface area is 223 Å². The number of hydrogen-bond acceptors (Lipinski definition) is 7. The minimum atomic E-state index is -0.536. The molecule has 8 nitrogen and oxygen atoms in total. The SMILES string of the molecule is CC.CCOC(=O)c1cnc(C(=O)c2cccc(CCC(=O)N3CCCC3)c2)c2cc(OC)c(OC)cc12. The van der Waals surface area contributed by atoms with E-state index in [1.807, 2.05) is 30.9 Å². The Balaban J connectivity index is 0.00000195. The first-order valence-electron chi connectivity index (χ1n) is 13.1. The maximum atomic E-state index is 13.6. The minimum absolute atomic E-state index is 0.146. The van der Waals surface area contributed by atoms with Crippen LogP contribution in [0, 0.1) is 0 Å². The van der Waals surface area contributed by atoms with Crippen molar-refractivity contribution in [3.8, 4) is 11.5 Å². The van der Waals surface area contributed by atoms with Gasteiger partial charge in [0.2, 0.25) is 11.7 Å². The number of hydrogen-bond donors (Lipinski definition) is 0. The summed E-state index contributed by atoms with van der Waals surface area (Å²) in [6.07, 6.45) is 4.43. The maximum Gasteiger partial charge on any atom is 0.340 e.